The largest absolute Gasteiger partial charge is 0.337 e. The Morgan fingerprint density at radius 1 is 1.55 bits per heavy atom. The first-order valence-electron chi connectivity index (χ1n) is 6.55. The third-order valence-electron chi connectivity index (χ3n) is 3.02. The van der Waals surface area contributed by atoms with Gasteiger partial charge in [-0.25, -0.2) is 4.98 Å². The summed E-state index contributed by atoms with van der Waals surface area (Å²) >= 11 is 1.74. The Morgan fingerprint density at radius 3 is 2.80 bits per heavy atom. The van der Waals surface area contributed by atoms with Gasteiger partial charge in [0.2, 0.25) is 0 Å². The fraction of sp³-hybridized carbons (Fsp3) is 0.467. The maximum Gasteiger partial charge on any atom is 0.272 e. The third kappa shape index (κ3) is 4.55. The molecule has 0 aliphatic heterocycles. The Labute approximate surface area is 125 Å². The van der Waals surface area contributed by atoms with Crippen LogP contribution in [0.2, 0.25) is 0 Å². The van der Waals surface area contributed by atoms with E-state index in [9.17, 15) is 4.79 Å². The molecule has 20 heavy (non-hydrogen) atoms. The van der Waals surface area contributed by atoms with Crippen molar-refractivity contribution in [1.82, 2.24) is 9.88 Å². The molecular formula is C15H21N3OS. The molecule has 1 rings (SSSR count). The van der Waals surface area contributed by atoms with Crippen molar-refractivity contribution in [1.29, 1.82) is 0 Å². The van der Waals surface area contributed by atoms with E-state index >= 15 is 0 Å². The molecule has 1 heterocycles. The molecule has 5 heteroatoms. The number of pyridine rings is 1. The van der Waals surface area contributed by atoms with Crippen molar-refractivity contribution in [2.24, 2.45) is 5.73 Å². The molecule has 0 aliphatic rings. The molecule has 0 spiro atoms. The lowest BCUT2D eigenvalue weighted by molar-refractivity contribution is 0.0737. The monoisotopic (exact) mass is 291 g/mol. The second-order valence-electron chi connectivity index (χ2n) is 4.37. The van der Waals surface area contributed by atoms with E-state index in [1.54, 1.807) is 35.0 Å². The highest BCUT2D eigenvalue weighted by molar-refractivity contribution is 7.98. The number of carbonyl (C=O) groups is 1. The van der Waals surface area contributed by atoms with Crippen LogP contribution in [0.4, 0.5) is 0 Å². The van der Waals surface area contributed by atoms with Crippen LogP contribution in [0.1, 0.15) is 29.4 Å². The van der Waals surface area contributed by atoms with Crippen molar-refractivity contribution >= 4 is 17.7 Å². The van der Waals surface area contributed by atoms with E-state index < -0.39 is 0 Å². The van der Waals surface area contributed by atoms with Gasteiger partial charge in [-0.1, -0.05) is 18.8 Å². The summed E-state index contributed by atoms with van der Waals surface area (Å²) < 4.78 is 0. The zero-order valence-electron chi connectivity index (χ0n) is 12.2. The molecule has 1 amide bonds. The van der Waals surface area contributed by atoms with Crippen molar-refractivity contribution in [3.63, 3.8) is 0 Å². The quantitative estimate of drug-likeness (QED) is 0.837. The smallest absolute Gasteiger partial charge is 0.272 e. The average Bonchev–Trinajstić information content (AvgIpc) is 2.49. The van der Waals surface area contributed by atoms with E-state index in [-0.39, 0.29) is 11.9 Å². The van der Waals surface area contributed by atoms with Gasteiger partial charge in [0, 0.05) is 30.6 Å². The second-order valence-corrected chi connectivity index (χ2v) is 5.28. The molecule has 1 atom stereocenters. The Hall–Kier alpha value is -1.51. The maximum atomic E-state index is 12.3. The fourth-order valence-corrected chi connectivity index (χ4v) is 2.63. The lowest BCUT2D eigenvalue weighted by atomic mass is 10.2. The number of hydrogen-bond acceptors (Lipinski definition) is 4. The predicted octanol–water partition coefficient (Wildman–Crippen LogP) is 1.61. The van der Waals surface area contributed by atoms with Crippen molar-refractivity contribution in [3.8, 4) is 11.8 Å². The molecule has 1 unspecified atom stereocenters. The van der Waals surface area contributed by atoms with Gasteiger partial charge in [0.05, 0.1) is 6.54 Å². The Morgan fingerprint density at radius 2 is 2.30 bits per heavy atom. The summed E-state index contributed by atoms with van der Waals surface area (Å²) in [5.74, 6) is 6.53. The lowest BCUT2D eigenvalue weighted by Crippen LogP contribution is -2.38. The molecule has 1 aromatic heterocycles. The Balaban J connectivity index is 2.81. The van der Waals surface area contributed by atoms with Crippen LogP contribution in [0.15, 0.2) is 18.3 Å². The van der Waals surface area contributed by atoms with Gasteiger partial charge in [-0.2, -0.15) is 11.8 Å². The van der Waals surface area contributed by atoms with Gasteiger partial charge >= 0.3 is 0 Å². The minimum absolute atomic E-state index is 0.0516. The maximum absolute atomic E-state index is 12.3. The SMILES string of the molecule is CCC(CSC)N(C)C(=O)c1ccc(C#CCN)cn1. The molecule has 0 aliphatic carbocycles. The van der Waals surface area contributed by atoms with Crippen LogP contribution >= 0.6 is 11.8 Å². The number of aromatic nitrogens is 1. The highest BCUT2D eigenvalue weighted by Crippen LogP contribution is 2.11. The van der Waals surface area contributed by atoms with Crippen LogP contribution in [0.5, 0.6) is 0 Å². The van der Waals surface area contributed by atoms with Gasteiger partial charge in [-0.15, -0.1) is 0 Å². The molecular weight excluding hydrogens is 270 g/mol. The summed E-state index contributed by atoms with van der Waals surface area (Å²) in [6, 6.07) is 3.74. The van der Waals surface area contributed by atoms with E-state index in [4.69, 9.17) is 5.73 Å². The van der Waals surface area contributed by atoms with E-state index in [2.05, 4.69) is 23.7 Å². The topological polar surface area (TPSA) is 59.2 Å². The average molecular weight is 291 g/mol. The molecule has 4 nitrogen and oxygen atoms in total. The van der Waals surface area contributed by atoms with E-state index in [0.29, 0.717) is 12.2 Å². The van der Waals surface area contributed by atoms with Crippen LogP contribution in [-0.2, 0) is 0 Å². The van der Waals surface area contributed by atoms with E-state index in [0.717, 1.165) is 17.7 Å². The summed E-state index contributed by atoms with van der Waals surface area (Å²) in [5.41, 5.74) is 6.53. The minimum atomic E-state index is -0.0516. The summed E-state index contributed by atoms with van der Waals surface area (Å²) in [6.07, 6.45) is 4.59. The molecule has 0 saturated carbocycles. The summed E-state index contributed by atoms with van der Waals surface area (Å²) in [7, 11) is 1.83. The number of carbonyl (C=O) groups excluding carboxylic acids is 1. The number of hydrogen-bond donors (Lipinski definition) is 1. The molecule has 0 bridgehead atoms. The first kappa shape index (κ1) is 16.5. The second kappa shape index (κ2) is 8.62. The van der Waals surface area contributed by atoms with E-state index in [1.807, 2.05) is 13.3 Å². The van der Waals surface area contributed by atoms with Gasteiger partial charge in [-0.05, 0) is 24.8 Å². The molecule has 0 fully saturated rings. The molecule has 0 aromatic carbocycles. The molecule has 0 radical (unpaired) electrons. The number of thioether (sulfide) groups is 1. The Bertz CT molecular complexity index is 490. The molecule has 0 saturated heterocycles. The zero-order valence-corrected chi connectivity index (χ0v) is 13.0. The van der Waals surface area contributed by atoms with Gasteiger partial charge < -0.3 is 10.6 Å². The predicted molar refractivity (Wildman–Crippen MR) is 84.7 cm³/mol. The van der Waals surface area contributed by atoms with Crippen molar-refractivity contribution < 1.29 is 4.79 Å². The number of nitrogens with zero attached hydrogens (tertiary/aromatic N) is 2. The molecule has 2 N–H and O–H groups in total. The fourth-order valence-electron chi connectivity index (χ4n) is 1.79. The van der Waals surface area contributed by atoms with Crippen LogP contribution in [0.25, 0.3) is 0 Å². The van der Waals surface area contributed by atoms with Crippen molar-refractivity contribution in [3.05, 3.63) is 29.6 Å². The highest BCUT2D eigenvalue weighted by atomic mass is 32.2. The number of nitrogens with two attached hydrogens (primary N) is 1. The van der Waals surface area contributed by atoms with Gasteiger partial charge in [0.25, 0.3) is 5.91 Å². The standard InChI is InChI=1S/C15H21N3OS/c1-4-13(11-20-3)18(2)15(19)14-8-7-12(10-17-14)6-5-9-16/h7-8,10,13H,4,9,11,16H2,1-3H3. The van der Waals surface area contributed by atoms with Crippen molar-refractivity contribution in [2.75, 3.05) is 25.6 Å². The van der Waals surface area contributed by atoms with Gasteiger partial charge in [-0.3, -0.25) is 4.79 Å². The minimum Gasteiger partial charge on any atom is -0.337 e. The van der Waals surface area contributed by atoms with Crippen LogP contribution in [0.3, 0.4) is 0 Å². The Kier molecular flexibility index (Phi) is 7.13. The molecule has 1 aromatic rings. The van der Waals surface area contributed by atoms with Crippen LogP contribution in [-0.4, -0.2) is 47.4 Å². The highest BCUT2D eigenvalue weighted by Gasteiger charge is 2.20. The van der Waals surface area contributed by atoms with Crippen molar-refractivity contribution in [2.45, 2.75) is 19.4 Å². The van der Waals surface area contributed by atoms with Crippen LogP contribution < -0.4 is 5.73 Å². The number of rotatable bonds is 5. The summed E-state index contributed by atoms with van der Waals surface area (Å²) in [4.78, 5) is 18.3. The normalized spacial score (nSPS) is 11.4. The third-order valence-corrected chi connectivity index (χ3v) is 3.73. The van der Waals surface area contributed by atoms with Gasteiger partial charge in [0.15, 0.2) is 0 Å². The van der Waals surface area contributed by atoms with E-state index in [1.165, 1.54) is 0 Å². The first-order chi connectivity index (χ1) is 9.63. The zero-order chi connectivity index (χ0) is 15.0. The number of amides is 1. The molecule has 108 valence electrons. The first-order valence-corrected chi connectivity index (χ1v) is 7.94. The lowest BCUT2D eigenvalue weighted by Gasteiger charge is -2.26. The summed E-state index contributed by atoms with van der Waals surface area (Å²) in [6.45, 7) is 2.40. The van der Waals surface area contributed by atoms with Gasteiger partial charge in [0.1, 0.15) is 5.69 Å². The summed E-state index contributed by atoms with van der Waals surface area (Å²) in [5, 5.41) is 0. The van der Waals surface area contributed by atoms with Crippen LogP contribution in [0, 0.1) is 11.8 Å².